The largest absolute Gasteiger partial charge is 0.497 e. The van der Waals surface area contributed by atoms with Crippen LogP contribution in [0.15, 0.2) is 42.5 Å². The highest BCUT2D eigenvalue weighted by Crippen LogP contribution is 2.31. The van der Waals surface area contributed by atoms with Crippen LogP contribution < -0.4 is 14.2 Å². The Bertz CT molecular complexity index is 871. The Kier molecular flexibility index (Phi) is 6.26. The van der Waals surface area contributed by atoms with E-state index in [0.29, 0.717) is 41.6 Å². The van der Waals surface area contributed by atoms with Gasteiger partial charge in [0, 0.05) is 17.5 Å². The van der Waals surface area contributed by atoms with Gasteiger partial charge in [0.15, 0.2) is 29.7 Å². The maximum atomic E-state index is 12.3. The second kappa shape index (κ2) is 9.03. The molecule has 0 radical (unpaired) electrons. The van der Waals surface area contributed by atoms with Gasteiger partial charge < -0.3 is 18.9 Å². The first-order valence-corrected chi connectivity index (χ1v) is 8.82. The van der Waals surface area contributed by atoms with E-state index in [-0.39, 0.29) is 31.0 Å². The molecule has 3 rings (SSSR count). The van der Waals surface area contributed by atoms with Crippen molar-refractivity contribution in [1.29, 1.82) is 0 Å². The van der Waals surface area contributed by atoms with Crippen LogP contribution in [0.25, 0.3) is 0 Å². The number of methoxy groups -OCH3 is 1. The molecule has 0 amide bonds. The van der Waals surface area contributed by atoms with Crippen molar-refractivity contribution in [3.05, 3.63) is 53.6 Å². The van der Waals surface area contributed by atoms with Crippen molar-refractivity contribution in [2.75, 3.05) is 26.9 Å². The Hall–Kier alpha value is -3.35. The number of fused-ring (bicyclic) bond motifs is 1. The van der Waals surface area contributed by atoms with Gasteiger partial charge >= 0.3 is 5.97 Å². The molecule has 0 saturated carbocycles. The fourth-order valence-electron chi connectivity index (χ4n) is 2.66. The monoisotopic (exact) mass is 384 g/mol. The molecular formula is C21H20O7. The molecule has 0 N–H and O–H groups in total. The predicted octanol–water partition coefficient (Wildman–Crippen LogP) is 2.86. The first-order chi connectivity index (χ1) is 13.6. The molecule has 28 heavy (non-hydrogen) atoms. The Morgan fingerprint density at radius 3 is 2.25 bits per heavy atom. The van der Waals surface area contributed by atoms with Gasteiger partial charge in [-0.05, 0) is 42.5 Å². The molecule has 1 aliphatic rings. The van der Waals surface area contributed by atoms with Gasteiger partial charge in [0.1, 0.15) is 19.0 Å². The van der Waals surface area contributed by atoms with Gasteiger partial charge in [-0.2, -0.15) is 0 Å². The van der Waals surface area contributed by atoms with Crippen LogP contribution in [0.1, 0.15) is 33.6 Å². The Labute approximate surface area is 162 Å². The SMILES string of the molecule is COc1ccc(C(=O)COC(=O)CCC(=O)c2ccc3c(c2)OCCO3)cc1. The van der Waals surface area contributed by atoms with Gasteiger partial charge in [-0.25, -0.2) is 0 Å². The normalized spacial score (nSPS) is 12.2. The Balaban J connectivity index is 1.45. The van der Waals surface area contributed by atoms with Gasteiger partial charge in [-0.1, -0.05) is 0 Å². The van der Waals surface area contributed by atoms with E-state index in [1.165, 1.54) is 7.11 Å². The first-order valence-electron chi connectivity index (χ1n) is 8.82. The zero-order valence-electron chi connectivity index (χ0n) is 15.4. The highest BCUT2D eigenvalue weighted by atomic mass is 16.6. The van der Waals surface area contributed by atoms with Crippen LogP contribution in [0.2, 0.25) is 0 Å². The summed E-state index contributed by atoms with van der Waals surface area (Å²) in [4.78, 5) is 36.2. The summed E-state index contributed by atoms with van der Waals surface area (Å²) in [6.07, 6.45) is -0.127. The number of hydrogen-bond acceptors (Lipinski definition) is 7. The van der Waals surface area contributed by atoms with Crippen LogP contribution >= 0.6 is 0 Å². The lowest BCUT2D eigenvalue weighted by Crippen LogP contribution is -2.16. The summed E-state index contributed by atoms with van der Waals surface area (Å²) in [5.74, 6) is 0.604. The number of carbonyl (C=O) groups is 3. The van der Waals surface area contributed by atoms with Crippen molar-refractivity contribution >= 4 is 17.5 Å². The third kappa shape index (κ3) is 4.88. The predicted molar refractivity (Wildman–Crippen MR) is 99.3 cm³/mol. The maximum absolute atomic E-state index is 12.3. The molecule has 0 fully saturated rings. The fourth-order valence-corrected chi connectivity index (χ4v) is 2.66. The minimum Gasteiger partial charge on any atom is -0.497 e. The number of carbonyl (C=O) groups excluding carboxylic acids is 3. The van der Waals surface area contributed by atoms with E-state index >= 15 is 0 Å². The van der Waals surface area contributed by atoms with Gasteiger partial charge in [-0.3, -0.25) is 14.4 Å². The summed E-state index contributed by atoms with van der Waals surface area (Å²) in [6, 6.07) is 11.4. The number of esters is 1. The lowest BCUT2D eigenvalue weighted by atomic mass is 10.1. The average molecular weight is 384 g/mol. The van der Waals surface area contributed by atoms with E-state index in [1.54, 1.807) is 42.5 Å². The molecule has 0 spiro atoms. The van der Waals surface area contributed by atoms with Crippen molar-refractivity contribution < 1.29 is 33.3 Å². The van der Waals surface area contributed by atoms with Crippen molar-refractivity contribution in [2.24, 2.45) is 0 Å². The molecule has 0 bridgehead atoms. The molecule has 0 atom stereocenters. The van der Waals surface area contributed by atoms with E-state index in [4.69, 9.17) is 18.9 Å². The van der Waals surface area contributed by atoms with Crippen LogP contribution in [-0.2, 0) is 9.53 Å². The van der Waals surface area contributed by atoms with E-state index in [1.807, 2.05) is 0 Å². The summed E-state index contributed by atoms with van der Waals surface area (Å²) < 4.78 is 20.9. The molecule has 2 aromatic rings. The van der Waals surface area contributed by atoms with E-state index in [0.717, 1.165) is 0 Å². The molecule has 7 nitrogen and oxygen atoms in total. The number of hydrogen-bond donors (Lipinski definition) is 0. The van der Waals surface area contributed by atoms with Crippen molar-refractivity contribution in [3.63, 3.8) is 0 Å². The van der Waals surface area contributed by atoms with Crippen LogP contribution in [0.5, 0.6) is 17.2 Å². The molecule has 7 heteroatoms. The zero-order chi connectivity index (χ0) is 19.9. The summed E-state index contributed by atoms with van der Waals surface area (Å²) in [6.45, 7) is 0.532. The standard InChI is InChI=1S/C21H20O7/c1-25-16-5-2-14(3-6-16)18(23)13-28-21(24)9-7-17(22)15-4-8-19-20(12-15)27-11-10-26-19/h2-6,8,12H,7,9-11,13H2,1H3. The molecule has 0 saturated heterocycles. The molecule has 0 unspecified atom stereocenters. The number of ketones is 2. The third-order valence-corrected chi connectivity index (χ3v) is 4.20. The fraction of sp³-hybridized carbons (Fsp3) is 0.286. The summed E-state index contributed by atoms with van der Waals surface area (Å²) in [5.41, 5.74) is 0.854. The Morgan fingerprint density at radius 1 is 0.857 bits per heavy atom. The number of benzene rings is 2. The lowest BCUT2D eigenvalue weighted by Gasteiger charge is -2.18. The Morgan fingerprint density at radius 2 is 1.54 bits per heavy atom. The van der Waals surface area contributed by atoms with Gasteiger partial charge in [0.25, 0.3) is 0 Å². The maximum Gasteiger partial charge on any atom is 0.306 e. The molecule has 2 aromatic carbocycles. The van der Waals surface area contributed by atoms with Crippen molar-refractivity contribution in [3.8, 4) is 17.2 Å². The average Bonchev–Trinajstić information content (AvgIpc) is 2.75. The molecule has 1 aliphatic heterocycles. The van der Waals surface area contributed by atoms with Crippen LogP contribution in [0.4, 0.5) is 0 Å². The summed E-state index contributed by atoms with van der Waals surface area (Å²) in [7, 11) is 1.53. The molecule has 146 valence electrons. The lowest BCUT2D eigenvalue weighted by molar-refractivity contribution is -0.142. The second-order valence-corrected chi connectivity index (χ2v) is 6.09. The number of ether oxygens (including phenoxy) is 4. The summed E-state index contributed by atoms with van der Waals surface area (Å²) >= 11 is 0. The summed E-state index contributed by atoms with van der Waals surface area (Å²) in [5, 5.41) is 0. The third-order valence-electron chi connectivity index (χ3n) is 4.20. The smallest absolute Gasteiger partial charge is 0.306 e. The van der Waals surface area contributed by atoms with Gasteiger partial charge in [0.2, 0.25) is 0 Å². The minimum atomic E-state index is -0.604. The van der Waals surface area contributed by atoms with E-state index in [9.17, 15) is 14.4 Å². The topological polar surface area (TPSA) is 88.1 Å². The first kappa shape index (κ1) is 19.4. The van der Waals surface area contributed by atoms with Crippen LogP contribution in [0, 0.1) is 0 Å². The molecule has 0 aromatic heterocycles. The number of rotatable bonds is 8. The minimum absolute atomic E-state index is 0.0186. The van der Waals surface area contributed by atoms with E-state index < -0.39 is 5.97 Å². The van der Waals surface area contributed by atoms with Crippen LogP contribution in [0.3, 0.4) is 0 Å². The molecule has 1 heterocycles. The van der Waals surface area contributed by atoms with Crippen molar-refractivity contribution in [2.45, 2.75) is 12.8 Å². The van der Waals surface area contributed by atoms with Crippen LogP contribution in [-0.4, -0.2) is 44.5 Å². The number of Topliss-reactive ketones (excluding diaryl/α,β-unsaturated/α-hetero) is 2. The zero-order valence-corrected chi connectivity index (χ0v) is 15.4. The van der Waals surface area contributed by atoms with Gasteiger partial charge in [-0.15, -0.1) is 0 Å². The van der Waals surface area contributed by atoms with Gasteiger partial charge in [0.05, 0.1) is 13.5 Å². The molecular weight excluding hydrogens is 364 g/mol. The van der Waals surface area contributed by atoms with E-state index in [2.05, 4.69) is 0 Å². The highest BCUT2D eigenvalue weighted by Gasteiger charge is 2.17. The molecule has 0 aliphatic carbocycles. The second-order valence-electron chi connectivity index (χ2n) is 6.09. The van der Waals surface area contributed by atoms with Crippen molar-refractivity contribution in [1.82, 2.24) is 0 Å². The highest BCUT2D eigenvalue weighted by molar-refractivity contribution is 5.99. The quantitative estimate of drug-likeness (QED) is 0.511.